The summed E-state index contributed by atoms with van der Waals surface area (Å²) in [5, 5.41) is 21.1. The summed E-state index contributed by atoms with van der Waals surface area (Å²) in [5.41, 5.74) is 0.445. The number of halogens is 4. The summed E-state index contributed by atoms with van der Waals surface area (Å²) in [4.78, 5) is 34.3. The molecule has 0 saturated carbocycles. The van der Waals surface area contributed by atoms with Gasteiger partial charge in [0.1, 0.15) is 23.9 Å². The lowest BCUT2D eigenvalue weighted by Crippen LogP contribution is -2.24. The van der Waals surface area contributed by atoms with Crippen LogP contribution in [0, 0.1) is 11.3 Å². The van der Waals surface area contributed by atoms with Crippen LogP contribution in [0.1, 0.15) is 21.6 Å². The second-order valence-corrected chi connectivity index (χ2v) is 8.41. The molecular weight excluding hydrogens is 527 g/mol. The molecule has 3 N–H and O–H groups in total. The maximum atomic E-state index is 12.8. The van der Waals surface area contributed by atoms with Gasteiger partial charge in [-0.2, -0.15) is 18.4 Å². The van der Waals surface area contributed by atoms with Crippen molar-refractivity contribution in [1.29, 1.82) is 5.26 Å². The van der Waals surface area contributed by atoms with Gasteiger partial charge in [0.25, 0.3) is 5.56 Å². The molecule has 0 fully saturated rings. The quantitative estimate of drug-likeness (QED) is 0.288. The molecule has 0 aliphatic rings. The predicted molar refractivity (Wildman–Crippen MR) is 132 cm³/mol. The first-order valence-electron chi connectivity index (χ1n) is 10.9. The van der Waals surface area contributed by atoms with Crippen molar-refractivity contribution in [2.75, 3.05) is 18.5 Å². The van der Waals surface area contributed by atoms with Gasteiger partial charge in [-0.1, -0.05) is 23.7 Å². The molecule has 0 spiro atoms. The minimum Gasteiger partial charge on any atom is -0.493 e. The number of fused-ring (bicyclic) bond motifs is 1. The number of rotatable bonds is 8. The number of aromatic amines is 1. The molecule has 0 aliphatic heterocycles. The number of nitriles is 1. The summed E-state index contributed by atoms with van der Waals surface area (Å²) in [7, 11) is 0. The Morgan fingerprint density at radius 2 is 2.03 bits per heavy atom. The van der Waals surface area contributed by atoms with Crippen LogP contribution in [0.3, 0.4) is 0 Å². The third kappa shape index (κ3) is 6.01. The highest BCUT2D eigenvalue weighted by molar-refractivity contribution is 6.31. The lowest BCUT2D eigenvalue weighted by atomic mass is 10.0. The zero-order valence-electron chi connectivity index (χ0n) is 19.3. The second kappa shape index (κ2) is 10.8. The fraction of sp³-hybridized carbons (Fsp3) is 0.160. The summed E-state index contributed by atoms with van der Waals surface area (Å²) >= 11 is 6.15. The molecule has 0 aliphatic carbocycles. The van der Waals surface area contributed by atoms with Crippen LogP contribution in [0.5, 0.6) is 5.75 Å². The van der Waals surface area contributed by atoms with Crippen LogP contribution in [0.15, 0.2) is 53.5 Å². The third-order valence-electron chi connectivity index (χ3n) is 5.37. The molecule has 4 aromatic rings. The highest BCUT2D eigenvalue weighted by atomic mass is 35.5. The van der Waals surface area contributed by atoms with E-state index in [1.807, 2.05) is 5.32 Å². The van der Waals surface area contributed by atoms with Crippen molar-refractivity contribution >= 4 is 34.4 Å². The first-order chi connectivity index (χ1) is 18.1. The van der Waals surface area contributed by atoms with Gasteiger partial charge in [-0.05, 0) is 41.5 Å². The number of benzene rings is 2. The number of carboxylic acids is 1. The number of aromatic nitrogens is 3. The minimum absolute atomic E-state index is 0.00296. The average molecular weight is 544 g/mol. The molecular formula is C25H17ClF3N5O4. The Morgan fingerprint density at radius 3 is 2.74 bits per heavy atom. The Balaban J connectivity index is 1.61. The molecule has 38 heavy (non-hydrogen) atoms. The Morgan fingerprint density at radius 1 is 1.24 bits per heavy atom. The number of hydrogen-bond acceptors (Lipinski definition) is 7. The van der Waals surface area contributed by atoms with E-state index >= 15 is 0 Å². The van der Waals surface area contributed by atoms with Gasteiger partial charge in [0.2, 0.25) is 5.95 Å². The van der Waals surface area contributed by atoms with Crippen LogP contribution in [0.25, 0.3) is 22.0 Å². The van der Waals surface area contributed by atoms with Gasteiger partial charge in [0.15, 0.2) is 5.69 Å². The zero-order valence-corrected chi connectivity index (χ0v) is 20.0. The molecule has 13 heteroatoms. The van der Waals surface area contributed by atoms with Crippen molar-refractivity contribution in [3.05, 3.63) is 80.9 Å². The Hall–Kier alpha value is -4.63. The van der Waals surface area contributed by atoms with Crippen LogP contribution in [0.4, 0.5) is 19.1 Å². The van der Waals surface area contributed by atoms with E-state index in [2.05, 4.69) is 15.0 Å². The lowest BCUT2D eigenvalue weighted by Gasteiger charge is -2.14. The molecule has 2 aromatic heterocycles. The van der Waals surface area contributed by atoms with E-state index in [9.17, 15) is 33.1 Å². The van der Waals surface area contributed by atoms with Gasteiger partial charge >= 0.3 is 12.1 Å². The van der Waals surface area contributed by atoms with E-state index in [-0.39, 0.29) is 35.2 Å². The number of pyridine rings is 1. The van der Waals surface area contributed by atoms with Gasteiger partial charge in [-0.3, -0.25) is 9.78 Å². The number of ether oxygens (including phenoxy) is 1. The summed E-state index contributed by atoms with van der Waals surface area (Å²) in [6.07, 6.45) is -3.10. The summed E-state index contributed by atoms with van der Waals surface area (Å²) in [6, 6.07) is 12.9. The van der Waals surface area contributed by atoms with E-state index in [4.69, 9.17) is 16.3 Å². The van der Waals surface area contributed by atoms with Crippen LogP contribution >= 0.6 is 11.6 Å². The lowest BCUT2D eigenvalue weighted by molar-refractivity contribution is -0.115. The second-order valence-electron chi connectivity index (χ2n) is 7.98. The van der Waals surface area contributed by atoms with E-state index in [1.165, 1.54) is 18.3 Å². The molecule has 2 aromatic carbocycles. The molecule has 0 atom stereocenters. The van der Waals surface area contributed by atoms with Crippen LogP contribution in [-0.2, 0) is 6.42 Å². The number of H-pyrrole nitrogens is 1. The van der Waals surface area contributed by atoms with Crippen molar-refractivity contribution in [2.24, 2.45) is 0 Å². The molecule has 0 radical (unpaired) electrons. The van der Waals surface area contributed by atoms with Crippen LogP contribution < -0.4 is 15.6 Å². The smallest absolute Gasteiger partial charge is 0.405 e. The molecule has 0 amide bonds. The number of hydrogen-bond donors (Lipinski definition) is 3. The Bertz CT molecular complexity index is 1630. The maximum Gasteiger partial charge on any atom is 0.405 e. The SMILES string of the molecule is N#Cc1ncc(CCOc2ccc(Cl)cc2-c2cccc(C(=O)O)c2)c2c(=O)[nH]c(NCC(F)(F)F)nc12. The maximum absolute atomic E-state index is 12.8. The largest absolute Gasteiger partial charge is 0.493 e. The molecule has 194 valence electrons. The average Bonchev–Trinajstić information content (AvgIpc) is 2.87. The number of carbonyl (C=O) groups is 1. The van der Waals surface area contributed by atoms with Crippen molar-refractivity contribution in [3.63, 3.8) is 0 Å². The first-order valence-corrected chi connectivity index (χ1v) is 11.3. The van der Waals surface area contributed by atoms with Crippen LogP contribution in [0.2, 0.25) is 5.02 Å². The normalized spacial score (nSPS) is 11.2. The van der Waals surface area contributed by atoms with E-state index in [0.717, 1.165) is 0 Å². The van der Waals surface area contributed by atoms with Crippen molar-refractivity contribution < 1.29 is 27.8 Å². The molecule has 9 nitrogen and oxygen atoms in total. The molecule has 0 saturated heterocycles. The summed E-state index contributed by atoms with van der Waals surface area (Å²) in [5.74, 6) is -1.14. The highest BCUT2D eigenvalue weighted by Gasteiger charge is 2.27. The van der Waals surface area contributed by atoms with Crippen molar-refractivity contribution in [1.82, 2.24) is 15.0 Å². The predicted octanol–water partition coefficient (Wildman–Crippen LogP) is 4.80. The Kier molecular flexibility index (Phi) is 7.50. The summed E-state index contributed by atoms with van der Waals surface area (Å²) in [6.45, 7) is -1.40. The molecule has 0 unspecified atom stereocenters. The Labute approximate surface area is 217 Å². The minimum atomic E-state index is -4.54. The number of carboxylic acid groups (broad SMARTS) is 1. The van der Waals surface area contributed by atoms with Gasteiger partial charge < -0.3 is 15.2 Å². The van der Waals surface area contributed by atoms with Crippen molar-refractivity contribution in [2.45, 2.75) is 12.6 Å². The fourth-order valence-corrected chi connectivity index (χ4v) is 3.87. The van der Waals surface area contributed by atoms with Gasteiger partial charge in [-0.15, -0.1) is 0 Å². The third-order valence-corrected chi connectivity index (χ3v) is 5.60. The van der Waals surface area contributed by atoms with E-state index in [0.29, 0.717) is 27.5 Å². The van der Waals surface area contributed by atoms with E-state index < -0.39 is 30.2 Å². The van der Waals surface area contributed by atoms with E-state index in [1.54, 1.807) is 36.4 Å². The molecule has 4 rings (SSSR count). The van der Waals surface area contributed by atoms with Crippen LogP contribution in [-0.4, -0.2) is 45.4 Å². The molecule has 2 heterocycles. The van der Waals surface area contributed by atoms with Gasteiger partial charge in [0.05, 0.1) is 17.6 Å². The van der Waals surface area contributed by atoms with Gasteiger partial charge in [-0.25, -0.2) is 14.8 Å². The number of nitrogens with one attached hydrogen (secondary N) is 2. The molecule has 0 bridgehead atoms. The standard InChI is InChI=1S/C25H17ClF3N5O4/c26-16-4-5-19(17(9-16)13-2-1-3-14(8-13)23(36)37)38-7-6-15-11-31-18(10-30)21-20(15)22(35)34-24(33-21)32-12-25(27,28)29/h1-5,8-9,11H,6-7,12H2,(H,36,37)(H2,32,33,34,35). The number of alkyl halides is 3. The number of aromatic carboxylic acids is 1. The number of nitrogens with zero attached hydrogens (tertiary/aromatic N) is 3. The highest BCUT2D eigenvalue weighted by Crippen LogP contribution is 2.33. The zero-order chi connectivity index (χ0) is 27.4. The summed E-state index contributed by atoms with van der Waals surface area (Å²) < 4.78 is 43.6. The monoisotopic (exact) mass is 543 g/mol. The topological polar surface area (TPSA) is 141 Å². The van der Waals surface area contributed by atoms with Crippen molar-refractivity contribution in [3.8, 4) is 22.9 Å². The fourth-order valence-electron chi connectivity index (χ4n) is 3.69. The van der Waals surface area contributed by atoms with Gasteiger partial charge in [0, 0.05) is 23.2 Å². The first kappa shape index (κ1) is 26.4. The number of anilines is 1.